The zero-order valence-corrected chi connectivity index (χ0v) is 12.2. The monoisotopic (exact) mass is 337 g/mol. The number of H-pyrrole nitrogens is 1. The Bertz CT molecular complexity index is 1020. The van der Waals surface area contributed by atoms with Crippen molar-refractivity contribution in [3.8, 4) is 11.4 Å². The van der Waals surface area contributed by atoms with Crippen molar-refractivity contribution < 1.29 is 17.9 Å². The normalized spacial score (nSPS) is 11.7. The molecule has 0 radical (unpaired) electrons. The Kier molecular flexibility index (Phi) is 3.63. The Morgan fingerprint density at radius 3 is 2.42 bits per heavy atom. The number of benzene rings is 1. The zero-order chi connectivity index (χ0) is 17.5. The lowest BCUT2D eigenvalue weighted by Crippen LogP contribution is -2.30. The molecule has 0 unspecified atom stereocenters. The summed E-state index contributed by atoms with van der Waals surface area (Å²) in [5, 5.41) is -0.242. The van der Waals surface area contributed by atoms with Gasteiger partial charge in [0.05, 0.1) is 12.8 Å². The number of nitrogens with one attached hydrogen (secondary N) is 1. The zero-order valence-electron chi connectivity index (χ0n) is 12.2. The van der Waals surface area contributed by atoms with E-state index in [1.165, 1.54) is 12.1 Å². The number of pyridine rings is 1. The van der Waals surface area contributed by atoms with Crippen LogP contribution in [0, 0.1) is 0 Å². The molecule has 3 rings (SSSR count). The second-order valence-electron chi connectivity index (χ2n) is 4.84. The summed E-state index contributed by atoms with van der Waals surface area (Å²) in [5.41, 5.74) is -3.20. The van der Waals surface area contributed by atoms with Crippen LogP contribution >= 0.6 is 0 Å². The lowest BCUT2D eigenvalue weighted by atomic mass is 10.2. The molecule has 0 amide bonds. The van der Waals surface area contributed by atoms with Gasteiger partial charge >= 0.3 is 11.9 Å². The molecule has 0 bridgehead atoms. The van der Waals surface area contributed by atoms with Crippen LogP contribution in [0.1, 0.15) is 5.69 Å². The summed E-state index contributed by atoms with van der Waals surface area (Å²) >= 11 is 0. The Balaban J connectivity index is 2.53. The number of methoxy groups -OCH3 is 1. The number of alkyl halides is 3. The van der Waals surface area contributed by atoms with Crippen LogP contribution in [0.25, 0.3) is 16.7 Å². The van der Waals surface area contributed by atoms with Gasteiger partial charge in [0.15, 0.2) is 11.3 Å². The number of ether oxygens (including phenoxy) is 1. The van der Waals surface area contributed by atoms with Crippen LogP contribution in [0.3, 0.4) is 0 Å². The minimum Gasteiger partial charge on any atom is -0.496 e. The van der Waals surface area contributed by atoms with Crippen LogP contribution in [0.2, 0.25) is 0 Å². The van der Waals surface area contributed by atoms with Gasteiger partial charge in [-0.1, -0.05) is 18.2 Å². The summed E-state index contributed by atoms with van der Waals surface area (Å²) in [7, 11) is 1.13. The molecule has 9 heteroatoms. The highest BCUT2D eigenvalue weighted by molar-refractivity contribution is 5.82. The van der Waals surface area contributed by atoms with E-state index in [2.05, 4.69) is 9.97 Å². The topological polar surface area (TPSA) is 77.0 Å². The molecule has 1 aromatic carbocycles. The molecular weight excluding hydrogens is 327 g/mol. The average Bonchev–Trinajstić information content (AvgIpc) is 2.53. The maximum Gasteiger partial charge on any atom is 0.433 e. The SMILES string of the molecule is COc1cc(C(F)(F)F)nc2c1c(=O)[nH]c(=O)n2-c1ccccc1. The highest BCUT2D eigenvalue weighted by Gasteiger charge is 2.34. The number of hydrogen-bond acceptors (Lipinski definition) is 4. The molecule has 2 heterocycles. The van der Waals surface area contributed by atoms with E-state index >= 15 is 0 Å². The van der Waals surface area contributed by atoms with E-state index in [0.29, 0.717) is 6.07 Å². The van der Waals surface area contributed by atoms with Crippen molar-refractivity contribution in [2.75, 3.05) is 7.11 Å². The van der Waals surface area contributed by atoms with Crippen LogP contribution in [0.5, 0.6) is 5.75 Å². The second kappa shape index (κ2) is 5.52. The molecule has 0 aliphatic carbocycles. The van der Waals surface area contributed by atoms with Crippen LogP contribution < -0.4 is 16.0 Å². The average molecular weight is 337 g/mol. The summed E-state index contributed by atoms with van der Waals surface area (Å²) in [4.78, 5) is 29.8. The summed E-state index contributed by atoms with van der Waals surface area (Å²) in [5.74, 6) is -0.321. The van der Waals surface area contributed by atoms with Crippen molar-refractivity contribution in [1.82, 2.24) is 14.5 Å². The number of hydrogen-bond donors (Lipinski definition) is 1. The standard InChI is InChI=1S/C15H10F3N3O3/c1-24-9-7-10(15(16,17)18)19-12-11(9)13(22)20-14(23)21(12)8-5-3-2-4-6-8/h2-7H,1H3,(H,20,22,23). The molecule has 6 nitrogen and oxygen atoms in total. The Hall–Kier alpha value is -3.10. The van der Waals surface area contributed by atoms with Gasteiger partial charge in [-0.2, -0.15) is 13.2 Å². The fraction of sp³-hybridized carbons (Fsp3) is 0.133. The number of para-hydroxylation sites is 1. The quantitative estimate of drug-likeness (QED) is 0.777. The molecule has 1 N–H and O–H groups in total. The Labute approximate surface area is 132 Å². The maximum absolute atomic E-state index is 13.1. The number of nitrogens with zero attached hydrogens (tertiary/aromatic N) is 2. The van der Waals surface area contributed by atoms with Crippen LogP contribution in [-0.4, -0.2) is 21.6 Å². The highest BCUT2D eigenvalue weighted by Crippen LogP contribution is 2.32. The van der Waals surface area contributed by atoms with E-state index in [4.69, 9.17) is 4.74 Å². The maximum atomic E-state index is 13.1. The smallest absolute Gasteiger partial charge is 0.433 e. The molecule has 0 atom stereocenters. The fourth-order valence-electron chi connectivity index (χ4n) is 2.32. The van der Waals surface area contributed by atoms with Crippen molar-refractivity contribution >= 4 is 11.0 Å². The molecule has 0 spiro atoms. The Morgan fingerprint density at radius 2 is 1.83 bits per heavy atom. The van der Waals surface area contributed by atoms with E-state index in [0.717, 1.165) is 11.7 Å². The molecule has 2 aromatic heterocycles. The van der Waals surface area contributed by atoms with E-state index in [-0.39, 0.29) is 16.8 Å². The lowest BCUT2D eigenvalue weighted by molar-refractivity contribution is -0.141. The summed E-state index contributed by atoms with van der Waals surface area (Å²) < 4.78 is 45.0. The predicted octanol–water partition coefficient (Wildman–Crippen LogP) is 2.10. The summed E-state index contributed by atoms with van der Waals surface area (Å²) in [6.07, 6.45) is -4.76. The highest BCUT2D eigenvalue weighted by atomic mass is 19.4. The number of aromatic amines is 1. The van der Waals surface area contributed by atoms with Gasteiger partial charge in [-0.15, -0.1) is 0 Å². The van der Waals surface area contributed by atoms with Crippen LogP contribution in [0.4, 0.5) is 13.2 Å². The van der Waals surface area contributed by atoms with Gasteiger partial charge in [0, 0.05) is 6.07 Å². The van der Waals surface area contributed by atoms with Gasteiger partial charge in [0.2, 0.25) is 0 Å². The molecule has 0 aliphatic heterocycles. The second-order valence-corrected chi connectivity index (χ2v) is 4.84. The molecule has 0 aliphatic rings. The van der Waals surface area contributed by atoms with Gasteiger partial charge in [0.1, 0.15) is 11.1 Å². The molecule has 124 valence electrons. The van der Waals surface area contributed by atoms with Crippen molar-refractivity contribution in [3.05, 3.63) is 62.9 Å². The van der Waals surface area contributed by atoms with Crippen LogP contribution in [-0.2, 0) is 6.18 Å². The van der Waals surface area contributed by atoms with Gasteiger partial charge in [-0.25, -0.2) is 14.3 Å². The first-order valence-corrected chi connectivity index (χ1v) is 6.69. The first-order chi connectivity index (χ1) is 11.3. The first-order valence-electron chi connectivity index (χ1n) is 6.69. The van der Waals surface area contributed by atoms with Crippen molar-refractivity contribution in [2.45, 2.75) is 6.18 Å². The van der Waals surface area contributed by atoms with Crippen molar-refractivity contribution in [1.29, 1.82) is 0 Å². The van der Waals surface area contributed by atoms with E-state index < -0.39 is 28.8 Å². The number of halogens is 3. The third kappa shape index (κ3) is 2.53. The van der Waals surface area contributed by atoms with E-state index in [9.17, 15) is 22.8 Å². The fourth-order valence-corrected chi connectivity index (χ4v) is 2.32. The van der Waals surface area contributed by atoms with Crippen molar-refractivity contribution in [3.63, 3.8) is 0 Å². The third-order valence-corrected chi connectivity index (χ3v) is 3.35. The van der Waals surface area contributed by atoms with E-state index in [1.54, 1.807) is 18.2 Å². The first kappa shape index (κ1) is 15.8. The van der Waals surface area contributed by atoms with Crippen LogP contribution in [0.15, 0.2) is 46.0 Å². The largest absolute Gasteiger partial charge is 0.496 e. The lowest BCUT2D eigenvalue weighted by Gasteiger charge is -2.14. The number of aromatic nitrogens is 3. The number of fused-ring (bicyclic) bond motifs is 1. The predicted molar refractivity (Wildman–Crippen MR) is 79.5 cm³/mol. The summed E-state index contributed by atoms with van der Waals surface area (Å²) in [6, 6.07) is 8.52. The molecule has 3 aromatic rings. The molecule has 0 saturated carbocycles. The van der Waals surface area contributed by atoms with Crippen molar-refractivity contribution in [2.24, 2.45) is 0 Å². The minimum atomic E-state index is -4.76. The van der Waals surface area contributed by atoms with Gasteiger partial charge in [-0.05, 0) is 12.1 Å². The third-order valence-electron chi connectivity index (χ3n) is 3.35. The molecule has 24 heavy (non-hydrogen) atoms. The van der Waals surface area contributed by atoms with Gasteiger partial charge < -0.3 is 4.74 Å². The molecular formula is C15H10F3N3O3. The molecule has 0 fully saturated rings. The summed E-state index contributed by atoms with van der Waals surface area (Å²) in [6.45, 7) is 0. The Morgan fingerprint density at radius 1 is 1.17 bits per heavy atom. The number of rotatable bonds is 2. The van der Waals surface area contributed by atoms with Gasteiger partial charge in [-0.3, -0.25) is 9.78 Å². The minimum absolute atomic E-state index is 0.242. The molecule has 0 saturated heterocycles. The van der Waals surface area contributed by atoms with Gasteiger partial charge in [0.25, 0.3) is 5.56 Å². The van der Waals surface area contributed by atoms with E-state index in [1.807, 2.05) is 0 Å².